The number of aromatic amines is 1. The molecule has 2 heterocycles. The molecule has 0 atom stereocenters. The Morgan fingerprint density at radius 3 is 2.63 bits per heavy atom. The fourth-order valence-electron chi connectivity index (χ4n) is 3.77. The van der Waals surface area contributed by atoms with Crippen molar-refractivity contribution in [3.05, 3.63) is 51.8 Å². The van der Waals surface area contributed by atoms with Crippen LogP contribution in [0.4, 0.5) is 11.4 Å². The number of methoxy groups -OCH3 is 1. The molecule has 4 rings (SSSR count). The van der Waals surface area contributed by atoms with E-state index in [2.05, 4.69) is 15.6 Å². The molecular formula is C22H23N3O4S. The van der Waals surface area contributed by atoms with E-state index in [1.165, 1.54) is 6.42 Å². The summed E-state index contributed by atoms with van der Waals surface area (Å²) >= 11 is 1.14. The minimum Gasteiger partial charge on any atom is -0.495 e. The van der Waals surface area contributed by atoms with Crippen LogP contribution in [0.3, 0.4) is 0 Å². The normalized spacial score (nSPS) is 14.4. The SMILES string of the molecule is COc1ccc(NC(=O)c2cc3cc[nH]c(=O)c3s2)cc1NC(=O)C1CCCCC1. The van der Waals surface area contributed by atoms with Crippen LogP contribution in [0.15, 0.2) is 41.3 Å². The monoisotopic (exact) mass is 425 g/mol. The average molecular weight is 426 g/mol. The molecule has 1 aromatic carbocycles. The van der Waals surface area contributed by atoms with Crippen molar-refractivity contribution in [3.8, 4) is 5.75 Å². The van der Waals surface area contributed by atoms with Gasteiger partial charge in [-0.05, 0) is 43.2 Å². The molecule has 2 aromatic heterocycles. The molecule has 1 aliphatic rings. The first-order valence-electron chi connectivity index (χ1n) is 9.96. The van der Waals surface area contributed by atoms with Crippen molar-refractivity contribution in [2.24, 2.45) is 5.92 Å². The molecule has 3 N–H and O–H groups in total. The summed E-state index contributed by atoms with van der Waals surface area (Å²) in [5.41, 5.74) is 0.846. The van der Waals surface area contributed by atoms with E-state index in [-0.39, 0.29) is 23.3 Å². The number of pyridine rings is 1. The molecule has 0 spiro atoms. The Labute approximate surface area is 177 Å². The van der Waals surface area contributed by atoms with E-state index in [0.717, 1.165) is 42.4 Å². The lowest BCUT2D eigenvalue weighted by Gasteiger charge is -2.21. The van der Waals surface area contributed by atoms with Crippen LogP contribution in [-0.2, 0) is 4.79 Å². The maximum absolute atomic E-state index is 12.7. The first-order chi connectivity index (χ1) is 14.5. The number of benzene rings is 1. The summed E-state index contributed by atoms with van der Waals surface area (Å²) in [5, 5.41) is 6.52. The van der Waals surface area contributed by atoms with Crippen LogP contribution < -0.4 is 20.9 Å². The first-order valence-corrected chi connectivity index (χ1v) is 10.8. The third kappa shape index (κ3) is 4.23. The Balaban J connectivity index is 1.53. The number of fused-ring (bicyclic) bond motifs is 1. The molecule has 2 amide bonds. The highest BCUT2D eigenvalue weighted by atomic mass is 32.1. The molecule has 156 valence electrons. The second-order valence-corrected chi connectivity index (χ2v) is 8.45. The summed E-state index contributed by atoms with van der Waals surface area (Å²) in [6, 6.07) is 8.57. The van der Waals surface area contributed by atoms with E-state index in [1.54, 1.807) is 43.6 Å². The lowest BCUT2D eigenvalue weighted by molar-refractivity contribution is -0.120. The fourth-order valence-corrected chi connectivity index (χ4v) is 4.71. The van der Waals surface area contributed by atoms with Crippen molar-refractivity contribution in [2.45, 2.75) is 32.1 Å². The Morgan fingerprint density at radius 1 is 1.10 bits per heavy atom. The Hall–Kier alpha value is -3.13. The zero-order chi connectivity index (χ0) is 21.1. The highest BCUT2D eigenvalue weighted by molar-refractivity contribution is 7.20. The third-order valence-electron chi connectivity index (χ3n) is 5.36. The molecule has 0 saturated heterocycles. The van der Waals surface area contributed by atoms with Gasteiger partial charge in [0.15, 0.2) is 0 Å². The number of hydrogen-bond acceptors (Lipinski definition) is 5. The highest BCUT2D eigenvalue weighted by Gasteiger charge is 2.22. The van der Waals surface area contributed by atoms with E-state index >= 15 is 0 Å². The van der Waals surface area contributed by atoms with Crippen molar-refractivity contribution < 1.29 is 14.3 Å². The van der Waals surface area contributed by atoms with Crippen molar-refractivity contribution >= 4 is 44.6 Å². The van der Waals surface area contributed by atoms with E-state index in [4.69, 9.17) is 4.74 Å². The first kappa shape index (κ1) is 20.2. The molecule has 7 nitrogen and oxygen atoms in total. The van der Waals surface area contributed by atoms with Crippen LogP contribution in [0.2, 0.25) is 0 Å². The van der Waals surface area contributed by atoms with Gasteiger partial charge in [-0.15, -0.1) is 11.3 Å². The number of aromatic nitrogens is 1. The van der Waals surface area contributed by atoms with Crippen molar-refractivity contribution in [1.82, 2.24) is 4.98 Å². The summed E-state index contributed by atoms with van der Waals surface area (Å²) in [6.45, 7) is 0. The maximum atomic E-state index is 12.7. The second kappa shape index (κ2) is 8.71. The number of rotatable bonds is 5. The topological polar surface area (TPSA) is 100 Å². The largest absolute Gasteiger partial charge is 0.495 e. The van der Waals surface area contributed by atoms with Gasteiger partial charge < -0.3 is 20.4 Å². The zero-order valence-electron chi connectivity index (χ0n) is 16.6. The molecule has 0 bridgehead atoms. The minimum atomic E-state index is -0.315. The molecule has 30 heavy (non-hydrogen) atoms. The molecule has 1 aliphatic carbocycles. The average Bonchev–Trinajstić information content (AvgIpc) is 3.21. The number of ether oxygens (including phenoxy) is 1. The molecule has 3 aromatic rings. The smallest absolute Gasteiger partial charge is 0.265 e. The highest BCUT2D eigenvalue weighted by Crippen LogP contribution is 2.31. The minimum absolute atomic E-state index is 0.0124. The summed E-state index contributed by atoms with van der Waals surface area (Å²) < 4.78 is 5.88. The predicted octanol–water partition coefficient (Wildman–Crippen LogP) is 4.37. The standard InChI is InChI=1S/C22H23N3O4S/c1-29-17-8-7-15(12-16(17)25-20(26)13-5-3-2-4-6-13)24-21(27)18-11-14-9-10-23-22(28)19(14)30-18/h7-13H,2-6H2,1H3,(H,23,28)(H,24,27)(H,25,26). The van der Waals surface area contributed by atoms with Gasteiger partial charge in [-0.2, -0.15) is 0 Å². The number of anilines is 2. The molecule has 0 aliphatic heterocycles. The summed E-state index contributed by atoms with van der Waals surface area (Å²) in [4.78, 5) is 40.3. The molecule has 1 saturated carbocycles. The molecular weight excluding hydrogens is 402 g/mol. The summed E-state index contributed by atoms with van der Waals surface area (Å²) in [7, 11) is 1.54. The Bertz CT molecular complexity index is 1140. The third-order valence-corrected chi connectivity index (χ3v) is 6.51. The lowest BCUT2D eigenvalue weighted by Crippen LogP contribution is -2.25. The van der Waals surface area contributed by atoms with E-state index in [9.17, 15) is 14.4 Å². The van der Waals surface area contributed by atoms with Crippen LogP contribution in [-0.4, -0.2) is 23.9 Å². The van der Waals surface area contributed by atoms with Crippen LogP contribution in [0, 0.1) is 5.92 Å². The number of hydrogen-bond donors (Lipinski definition) is 3. The van der Waals surface area contributed by atoms with Crippen LogP contribution in [0.25, 0.3) is 10.1 Å². The van der Waals surface area contributed by atoms with Gasteiger partial charge in [0.25, 0.3) is 11.5 Å². The maximum Gasteiger partial charge on any atom is 0.265 e. The number of H-pyrrole nitrogens is 1. The fraction of sp³-hybridized carbons (Fsp3) is 0.318. The van der Waals surface area contributed by atoms with Crippen LogP contribution >= 0.6 is 11.3 Å². The molecule has 8 heteroatoms. The van der Waals surface area contributed by atoms with E-state index < -0.39 is 0 Å². The molecule has 0 radical (unpaired) electrons. The van der Waals surface area contributed by atoms with Crippen molar-refractivity contribution in [3.63, 3.8) is 0 Å². The second-order valence-electron chi connectivity index (χ2n) is 7.40. The number of nitrogens with one attached hydrogen (secondary N) is 3. The van der Waals surface area contributed by atoms with E-state index in [1.807, 2.05) is 0 Å². The van der Waals surface area contributed by atoms with Gasteiger partial charge in [-0.3, -0.25) is 14.4 Å². The quantitative estimate of drug-likeness (QED) is 0.565. The number of carbonyl (C=O) groups excluding carboxylic acids is 2. The van der Waals surface area contributed by atoms with Gasteiger partial charge in [0, 0.05) is 23.2 Å². The lowest BCUT2D eigenvalue weighted by atomic mass is 9.88. The van der Waals surface area contributed by atoms with Crippen molar-refractivity contribution in [1.29, 1.82) is 0 Å². The zero-order valence-corrected chi connectivity index (χ0v) is 17.4. The van der Waals surface area contributed by atoms with Gasteiger partial charge in [-0.1, -0.05) is 19.3 Å². The van der Waals surface area contributed by atoms with E-state index in [0.29, 0.717) is 26.7 Å². The van der Waals surface area contributed by atoms with Crippen LogP contribution in [0.1, 0.15) is 41.8 Å². The number of amides is 2. The summed E-state index contributed by atoms with van der Waals surface area (Å²) in [5.74, 6) is 0.217. The van der Waals surface area contributed by atoms with Gasteiger partial charge in [0.1, 0.15) is 10.4 Å². The van der Waals surface area contributed by atoms with Crippen LogP contribution in [0.5, 0.6) is 5.75 Å². The number of carbonyl (C=O) groups is 2. The molecule has 0 unspecified atom stereocenters. The van der Waals surface area contributed by atoms with Gasteiger partial charge in [-0.25, -0.2) is 0 Å². The summed E-state index contributed by atoms with van der Waals surface area (Å²) in [6.07, 6.45) is 6.68. The predicted molar refractivity (Wildman–Crippen MR) is 119 cm³/mol. The van der Waals surface area contributed by atoms with Gasteiger partial charge in [0.2, 0.25) is 5.91 Å². The van der Waals surface area contributed by atoms with Gasteiger partial charge >= 0.3 is 0 Å². The number of thiophene rings is 1. The molecule has 1 fully saturated rings. The Kier molecular flexibility index (Phi) is 5.85. The van der Waals surface area contributed by atoms with Crippen molar-refractivity contribution in [2.75, 3.05) is 17.7 Å². The van der Waals surface area contributed by atoms with Gasteiger partial charge in [0.05, 0.1) is 17.7 Å². The Morgan fingerprint density at radius 2 is 1.90 bits per heavy atom.